The average Bonchev–Trinajstić information content (AvgIpc) is 3.01. The van der Waals surface area contributed by atoms with E-state index in [1.54, 1.807) is 37.3 Å². The second kappa shape index (κ2) is 6.06. The van der Waals surface area contributed by atoms with Crippen LogP contribution in [0.25, 0.3) is 33.4 Å². The summed E-state index contributed by atoms with van der Waals surface area (Å²) in [6.07, 6.45) is 0. The molecule has 0 aliphatic rings. The van der Waals surface area contributed by atoms with E-state index in [0.717, 1.165) is 10.9 Å². The molecular formula is C19H12Cl2N2O2. The molecule has 0 aliphatic heterocycles. The predicted octanol–water partition coefficient (Wildman–Crippen LogP) is 5.47. The third kappa shape index (κ3) is 2.73. The van der Waals surface area contributed by atoms with Gasteiger partial charge in [-0.05, 0) is 31.2 Å². The first-order valence-corrected chi connectivity index (χ1v) is 8.34. The number of hydrogen-bond acceptors (Lipinski definition) is 3. The number of hydrogen-bond donors (Lipinski definition) is 1. The molecule has 0 atom stereocenters. The highest BCUT2D eigenvalue weighted by Gasteiger charge is 2.21. The number of aromatic nitrogens is 2. The third-order valence-corrected chi connectivity index (χ3v) is 4.56. The summed E-state index contributed by atoms with van der Waals surface area (Å²) in [6, 6.07) is 14.4. The van der Waals surface area contributed by atoms with Crippen LogP contribution in [0.4, 0.5) is 0 Å². The van der Waals surface area contributed by atoms with Gasteiger partial charge in [-0.25, -0.2) is 0 Å². The first kappa shape index (κ1) is 15.9. The lowest BCUT2D eigenvalue weighted by atomic mass is 9.95. The molecule has 0 unspecified atom stereocenters. The number of pyridine rings is 1. The number of aryl methyl sites for hydroxylation is 1. The molecule has 124 valence electrons. The van der Waals surface area contributed by atoms with E-state index in [4.69, 9.17) is 27.7 Å². The van der Waals surface area contributed by atoms with Gasteiger partial charge in [-0.1, -0.05) is 46.6 Å². The van der Waals surface area contributed by atoms with Crippen molar-refractivity contribution < 1.29 is 4.52 Å². The maximum atomic E-state index is 12.8. The maximum Gasteiger partial charge on any atom is 0.260 e. The molecule has 0 spiro atoms. The zero-order chi connectivity index (χ0) is 17.6. The lowest BCUT2D eigenvalue weighted by Gasteiger charge is -2.13. The van der Waals surface area contributed by atoms with Gasteiger partial charge in [-0.3, -0.25) is 4.79 Å². The summed E-state index contributed by atoms with van der Waals surface area (Å²) in [6.45, 7) is 1.80. The van der Waals surface area contributed by atoms with Crippen molar-refractivity contribution in [2.75, 3.05) is 0 Å². The molecule has 0 amide bonds. The molecular weight excluding hydrogens is 359 g/mol. The Labute approximate surface area is 153 Å². The van der Waals surface area contributed by atoms with Crippen LogP contribution >= 0.6 is 23.2 Å². The van der Waals surface area contributed by atoms with Crippen LogP contribution in [0, 0.1) is 6.92 Å². The SMILES string of the molecule is Cc1cc(-c2c(-c3ccccc3Cl)c3cc(Cl)ccc3[nH]c2=O)on1. The number of halogens is 2. The van der Waals surface area contributed by atoms with Crippen LogP contribution in [0.3, 0.4) is 0 Å². The monoisotopic (exact) mass is 370 g/mol. The molecule has 0 radical (unpaired) electrons. The maximum absolute atomic E-state index is 12.8. The van der Waals surface area contributed by atoms with E-state index in [1.165, 1.54) is 0 Å². The number of nitrogens with zero attached hydrogens (tertiary/aromatic N) is 1. The molecule has 2 aromatic heterocycles. The van der Waals surface area contributed by atoms with Gasteiger partial charge in [0.15, 0.2) is 5.76 Å². The molecule has 0 fully saturated rings. The van der Waals surface area contributed by atoms with Gasteiger partial charge in [-0.15, -0.1) is 0 Å². The van der Waals surface area contributed by atoms with Gasteiger partial charge < -0.3 is 9.51 Å². The molecule has 0 saturated carbocycles. The van der Waals surface area contributed by atoms with E-state index in [1.807, 2.05) is 18.2 Å². The quantitative estimate of drug-likeness (QED) is 0.509. The number of rotatable bonds is 2. The van der Waals surface area contributed by atoms with E-state index < -0.39 is 0 Å². The lowest BCUT2D eigenvalue weighted by Crippen LogP contribution is -2.11. The fraction of sp³-hybridized carbons (Fsp3) is 0.0526. The first-order valence-electron chi connectivity index (χ1n) is 7.59. The van der Waals surface area contributed by atoms with E-state index >= 15 is 0 Å². The topological polar surface area (TPSA) is 58.9 Å². The minimum Gasteiger partial charge on any atom is -0.356 e. The Morgan fingerprint density at radius 2 is 1.84 bits per heavy atom. The molecule has 4 rings (SSSR count). The van der Waals surface area contributed by atoms with Crippen molar-refractivity contribution in [3.05, 3.63) is 74.6 Å². The van der Waals surface area contributed by atoms with Gasteiger partial charge in [0.1, 0.15) is 0 Å². The van der Waals surface area contributed by atoms with Crippen LogP contribution in [0.2, 0.25) is 10.0 Å². The van der Waals surface area contributed by atoms with Crippen molar-refractivity contribution >= 4 is 34.1 Å². The molecule has 4 aromatic rings. The lowest BCUT2D eigenvalue weighted by molar-refractivity contribution is 0.427. The first-order chi connectivity index (χ1) is 12.0. The van der Waals surface area contributed by atoms with Crippen LogP contribution < -0.4 is 5.56 Å². The number of nitrogens with one attached hydrogen (secondary N) is 1. The minimum absolute atomic E-state index is 0.277. The zero-order valence-corrected chi connectivity index (χ0v) is 14.7. The standard InChI is InChI=1S/C19H12Cl2N2O2/c1-10-8-16(25-23-10)18-17(12-4-2-3-5-14(12)21)13-9-11(20)6-7-15(13)22-19(18)24/h2-9H,1H3,(H,22,24). The summed E-state index contributed by atoms with van der Waals surface area (Å²) in [5, 5.41) is 5.78. The van der Waals surface area contributed by atoms with Gasteiger partial charge in [0, 0.05) is 38.1 Å². The van der Waals surface area contributed by atoms with Crippen molar-refractivity contribution in [2.24, 2.45) is 0 Å². The van der Waals surface area contributed by atoms with Crippen molar-refractivity contribution in [3.8, 4) is 22.5 Å². The fourth-order valence-corrected chi connectivity index (χ4v) is 3.33. The summed E-state index contributed by atoms with van der Waals surface area (Å²) in [7, 11) is 0. The summed E-state index contributed by atoms with van der Waals surface area (Å²) in [5.74, 6) is 0.385. The summed E-state index contributed by atoms with van der Waals surface area (Å²) in [5.41, 5.74) is 2.86. The Kier molecular flexibility index (Phi) is 3.86. The van der Waals surface area contributed by atoms with Crippen molar-refractivity contribution in [2.45, 2.75) is 6.92 Å². The second-order valence-corrected chi connectivity index (χ2v) is 6.55. The Morgan fingerprint density at radius 1 is 1.04 bits per heavy atom. The van der Waals surface area contributed by atoms with Gasteiger partial charge in [-0.2, -0.15) is 0 Å². The minimum atomic E-state index is -0.277. The molecule has 6 heteroatoms. The predicted molar refractivity (Wildman–Crippen MR) is 100 cm³/mol. The number of fused-ring (bicyclic) bond motifs is 1. The van der Waals surface area contributed by atoms with E-state index in [9.17, 15) is 4.79 Å². The molecule has 4 nitrogen and oxygen atoms in total. The van der Waals surface area contributed by atoms with Crippen LogP contribution in [0.1, 0.15) is 5.69 Å². The van der Waals surface area contributed by atoms with Gasteiger partial charge in [0.05, 0.1) is 11.3 Å². The van der Waals surface area contributed by atoms with Crippen LogP contribution in [-0.4, -0.2) is 10.1 Å². The van der Waals surface area contributed by atoms with E-state index in [-0.39, 0.29) is 5.56 Å². The number of H-pyrrole nitrogens is 1. The van der Waals surface area contributed by atoms with Crippen LogP contribution in [0.15, 0.2) is 57.8 Å². The largest absolute Gasteiger partial charge is 0.356 e. The summed E-state index contributed by atoms with van der Waals surface area (Å²) < 4.78 is 5.37. The van der Waals surface area contributed by atoms with Crippen molar-refractivity contribution in [1.82, 2.24) is 10.1 Å². The average molecular weight is 371 g/mol. The second-order valence-electron chi connectivity index (χ2n) is 5.71. The van der Waals surface area contributed by atoms with Crippen LogP contribution in [-0.2, 0) is 0 Å². The van der Waals surface area contributed by atoms with E-state index in [0.29, 0.717) is 38.1 Å². The molecule has 0 bridgehead atoms. The normalized spacial score (nSPS) is 11.2. The number of aromatic amines is 1. The highest BCUT2D eigenvalue weighted by atomic mass is 35.5. The van der Waals surface area contributed by atoms with E-state index in [2.05, 4.69) is 10.1 Å². The highest BCUT2D eigenvalue weighted by Crippen LogP contribution is 2.39. The molecule has 2 aromatic carbocycles. The fourth-order valence-electron chi connectivity index (χ4n) is 2.93. The smallest absolute Gasteiger partial charge is 0.260 e. The molecule has 1 N–H and O–H groups in total. The Balaban J connectivity index is 2.21. The van der Waals surface area contributed by atoms with Crippen molar-refractivity contribution in [1.29, 1.82) is 0 Å². The Morgan fingerprint density at radius 3 is 2.56 bits per heavy atom. The van der Waals surface area contributed by atoms with Crippen molar-refractivity contribution in [3.63, 3.8) is 0 Å². The van der Waals surface area contributed by atoms with Gasteiger partial charge in [0.2, 0.25) is 0 Å². The molecule has 0 aliphatic carbocycles. The van der Waals surface area contributed by atoms with Gasteiger partial charge >= 0.3 is 0 Å². The molecule has 0 saturated heterocycles. The molecule has 2 heterocycles. The molecule has 25 heavy (non-hydrogen) atoms. The summed E-state index contributed by atoms with van der Waals surface area (Å²) >= 11 is 12.6. The van der Waals surface area contributed by atoms with Gasteiger partial charge in [0.25, 0.3) is 5.56 Å². The highest BCUT2D eigenvalue weighted by molar-refractivity contribution is 6.34. The Hall–Kier alpha value is -2.56. The summed E-state index contributed by atoms with van der Waals surface area (Å²) in [4.78, 5) is 15.7. The third-order valence-electron chi connectivity index (χ3n) is 3.99. The Bertz CT molecular complexity index is 1160. The number of benzene rings is 2. The zero-order valence-electron chi connectivity index (χ0n) is 13.1. The van der Waals surface area contributed by atoms with Crippen LogP contribution in [0.5, 0.6) is 0 Å².